The fraction of sp³-hybridized carbons (Fsp3) is 0.571. The summed E-state index contributed by atoms with van der Waals surface area (Å²) in [6.45, 7) is 6.96. The van der Waals surface area contributed by atoms with Crippen LogP contribution in [-0.4, -0.2) is 37.6 Å². The van der Waals surface area contributed by atoms with E-state index in [4.69, 9.17) is 4.74 Å². The molecular weight excluding hydrogens is 271 g/mol. The zero-order valence-corrected chi connectivity index (χ0v) is 11.6. The third kappa shape index (κ3) is 4.11. The Balaban J connectivity index is 2.19. The van der Waals surface area contributed by atoms with Crippen molar-refractivity contribution in [3.05, 3.63) is 28.8 Å². The number of alkyl halides is 3. The minimum atomic E-state index is -4.66. The van der Waals surface area contributed by atoms with Crippen LogP contribution >= 0.6 is 0 Å². The molecule has 0 aliphatic carbocycles. The van der Waals surface area contributed by atoms with E-state index in [0.717, 1.165) is 24.2 Å². The van der Waals surface area contributed by atoms with Crippen LogP contribution in [0.1, 0.15) is 16.7 Å². The lowest BCUT2D eigenvalue weighted by molar-refractivity contribution is -0.274. The Morgan fingerprint density at radius 3 is 2.45 bits per heavy atom. The monoisotopic (exact) mass is 289 g/mol. The van der Waals surface area contributed by atoms with E-state index in [-0.39, 0.29) is 5.75 Å². The fourth-order valence-electron chi connectivity index (χ4n) is 2.29. The Hall–Kier alpha value is -1.27. The van der Waals surface area contributed by atoms with Gasteiger partial charge in [0.15, 0.2) is 0 Å². The molecule has 6 heteroatoms. The number of morpholine rings is 1. The highest BCUT2D eigenvalue weighted by atomic mass is 19.4. The van der Waals surface area contributed by atoms with Crippen molar-refractivity contribution in [2.24, 2.45) is 0 Å². The van der Waals surface area contributed by atoms with E-state index in [1.807, 2.05) is 6.07 Å². The molecular formula is C14H18F3NO2. The van der Waals surface area contributed by atoms with E-state index in [9.17, 15) is 13.2 Å². The molecule has 0 saturated carbocycles. The Labute approximate surface area is 116 Å². The molecule has 1 saturated heterocycles. The van der Waals surface area contributed by atoms with Gasteiger partial charge in [0.2, 0.25) is 0 Å². The van der Waals surface area contributed by atoms with Crippen molar-refractivity contribution in [1.82, 2.24) is 4.90 Å². The number of nitrogens with zero attached hydrogens (tertiary/aromatic N) is 1. The van der Waals surface area contributed by atoms with Gasteiger partial charge in [0.25, 0.3) is 0 Å². The first-order valence-electron chi connectivity index (χ1n) is 6.51. The van der Waals surface area contributed by atoms with Gasteiger partial charge in [0.1, 0.15) is 5.75 Å². The predicted octanol–water partition coefficient (Wildman–Crippen LogP) is 3.03. The minimum Gasteiger partial charge on any atom is -0.405 e. The predicted molar refractivity (Wildman–Crippen MR) is 68.7 cm³/mol. The first-order valence-corrected chi connectivity index (χ1v) is 6.51. The van der Waals surface area contributed by atoms with Crippen LogP contribution in [-0.2, 0) is 11.3 Å². The second-order valence-corrected chi connectivity index (χ2v) is 4.98. The second kappa shape index (κ2) is 6.01. The van der Waals surface area contributed by atoms with Crippen LogP contribution in [0.2, 0.25) is 0 Å². The van der Waals surface area contributed by atoms with Gasteiger partial charge in [-0.25, -0.2) is 0 Å². The quantitative estimate of drug-likeness (QED) is 0.853. The number of rotatable bonds is 3. The molecule has 2 rings (SSSR count). The average Bonchev–Trinajstić information content (AvgIpc) is 2.34. The van der Waals surface area contributed by atoms with Crippen molar-refractivity contribution in [3.63, 3.8) is 0 Å². The minimum absolute atomic E-state index is 0.110. The molecule has 1 fully saturated rings. The van der Waals surface area contributed by atoms with Gasteiger partial charge in [-0.1, -0.05) is 6.07 Å². The molecule has 1 heterocycles. The smallest absolute Gasteiger partial charge is 0.405 e. The van der Waals surface area contributed by atoms with E-state index >= 15 is 0 Å². The number of ether oxygens (including phenoxy) is 2. The molecule has 20 heavy (non-hydrogen) atoms. The van der Waals surface area contributed by atoms with Crippen molar-refractivity contribution in [3.8, 4) is 5.75 Å². The van der Waals surface area contributed by atoms with Gasteiger partial charge < -0.3 is 9.47 Å². The van der Waals surface area contributed by atoms with Crippen molar-refractivity contribution >= 4 is 0 Å². The molecule has 112 valence electrons. The van der Waals surface area contributed by atoms with E-state index in [1.54, 1.807) is 13.8 Å². The lowest BCUT2D eigenvalue weighted by Crippen LogP contribution is -2.35. The molecule has 0 aromatic heterocycles. The maximum atomic E-state index is 12.4. The van der Waals surface area contributed by atoms with Crippen LogP contribution in [0.3, 0.4) is 0 Å². The van der Waals surface area contributed by atoms with E-state index in [2.05, 4.69) is 9.64 Å². The zero-order valence-electron chi connectivity index (χ0n) is 11.6. The first-order chi connectivity index (χ1) is 9.35. The summed E-state index contributed by atoms with van der Waals surface area (Å²) in [7, 11) is 0. The molecule has 0 unspecified atom stereocenters. The molecule has 0 atom stereocenters. The summed E-state index contributed by atoms with van der Waals surface area (Å²) in [6, 6.07) is 3.33. The lowest BCUT2D eigenvalue weighted by Gasteiger charge is -2.27. The van der Waals surface area contributed by atoms with Crippen molar-refractivity contribution in [1.29, 1.82) is 0 Å². The summed E-state index contributed by atoms with van der Waals surface area (Å²) < 4.78 is 46.5. The highest BCUT2D eigenvalue weighted by Gasteiger charge is 2.32. The van der Waals surface area contributed by atoms with Gasteiger partial charge in [-0.2, -0.15) is 0 Å². The highest BCUT2D eigenvalue weighted by Crippen LogP contribution is 2.30. The Morgan fingerprint density at radius 1 is 1.20 bits per heavy atom. The summed E-state index contributed by atoms with van der Waals surface area (Å²) in [4.78, 5) is 2.17. The molecule has 0 spiro atoms. The van der Waals surface area contributed by atoms with Crippen LogP contribution in [0.5, 0.6) is 5.75 Å². The van der Waals surface area contributed by atoms with Crippen molar-refractivity contribution in [2.45, 2.75) is 26.8 Å². The third-order valence-corrected chi connectivity index (χ3v) is 3.34. The molecule has 3 nitrogen and oxygen atoms in total. The average molecular weight is 289 g/mol. The molecule has 0 radical (unpaired) electrons. The number of hydrogen-bond donors (Lipinski definition) is 0. The normalized spacial score (nSPS) is 17.2. The summed E-state index contributed by atoms with van der Waals surface area (Å²) in [6.07, 6.45) is -4.66. The second-order valence-electron chi connectivity index (χ2n) is 4.98. The molecule has 1 aromatic rings. The van der Waals surface area contributed by atoms with Crippen LogP contribution < -0.4 is 4.74 Å². The van der Waals surface area contributed by atoms with E-state index < -0.39 is 6.36 Å². The summed E-state index contributed by atoms with van der Waals surface area (Å²) in [5.74, 6) is -0.110. The fourth-order valence-corrected chi connectivity index (χ4v) is 2.29. The summed E-state index contributed by atoms with van der Waals surface area (Å²) >= 11 is 0. The van der Waals surface area contributed by atoms with Gasteiger partial charge in [-0.05, 0) is 36.6 Å². The van der Waals surface area contributed by atoms with Crippen LogP contribution in [0.25, 0.3) is 0 Å². The molecule has 1 aliphatic heterocycles. The Kier molecular flexibility index (Phi) is 4.55. The number of aryl methyl sites for hydroxylation is 1. The van der Waals surface area contributed by atoms with Crippen LogP contribution in [0.15, 0.2) is 12.1 Å². The molecule has 0 amide bonds. The first kappa shape index (κ1) is 15.1. The van der Waals surface area contributed by atoms with Gasteiger partial charge >= 0.3 is 6.36 Å². The number of halogens is 3. The molecule has 0 bridgehead atoms. The van der Waals surface area contributed by atoms with E-state index in [0.29, 0.717) is 25.3 Å². The topological polar surface area (TPSA) is 21.7 Å². The summed E-state index contributed by atoms with van der Waals surface area (Å²) in [5, 5.41) is 0. The standard InChI is InChI=1S/C14H18F3NO2/c1-10-7-12(9-18-3-5-19-6-4-18)11(2)13(8-10)20-14(15,16)17/h7-8H,3-6,9H2,1-2H3. The Bertz CT molecular complexity index is 468. The number of hydrogen-bond acceptors (Lipinski definition) is 3. The Morgan fingerprint density at radius 2 is 1.85 bits per heavy atom. The molecule has 1 aromatic carbocycles. The van der Waals surface area contributed by atoms with Crippen LogP contribution in [0, 0.1) is 13.8 Å². The van der Waals surface area contributed by atoms with Gasteiger partial charge in [0, 0.05) is 19.6 Å². The van der Waals surface area contributed by atoms with Crippen LogP contribution in [0.4, 0.5) is 13.2 Å². The lowest BCUT2D eigenvalue weighted by atomic mass is 10.0. The highest BCUT2D eigenvalue weighted by molar-refractivity contribution is 5.42. The maximum Gasteiger partial charge on any atom is 0.573 e. The van der Waals surface area contributed by atoms with Gasteiger partial charge in [0.05, 0.1) is 13.2 Å². The molecule has 1 aliphatic rings. The number of benzene rings is 1. The maximum absolute atomic E-state index is 12.4. The SMILES string of the molecule is Cc1cc(CN2CCOCC2)c(C)c(OC(F)(F)F)c1. The molecule has 0 N–H and O–H groups in total. The van der Waals surface area contributed by atoms with Gasteiger partial charge in [-0.15, -0.1) is 13.2 Å². The zero-order chi connectivity index (χ0) is 14.8. The van der Waals surface area contributed by atoms with E-state index in [1.165, 1.54) is 6.07 Å². The summed E-state index contributed by atoms with van der Waals surface area (Å²) in [5.41, 5.74) is 2.17. The van der Waals surface area contributed by atoms with Crippen molar-refractivity contribution in [2.75, 3.05) is 26.3 Å². The third-order valence-electron chi connectivity index (χ3n) is 3.34. The van der Waals surface area contributed by atoms with Gasteiger partial charge in [-0.3, -0.25) is 4.90 Å². The van der Waals surface area contributed by atoms with Crippen molar-refractivity contribution < 1.29 is 22.6 Å². The largest absolute Gasteiger partial charge is 0.573 e.